The average molecular weight is 100 g/mol. The van der Waals surface area contributed by atoms with Crippen LogP contribution < -0.4 is 11.1 Å². The number of nitrogens with one attached hydrogen (secondary N) is 1. The first-order chi connectivity index (χ1) is 3.29. The molecule has 0 radical (unpaired) electrons. The molecule has 1 aliphatic heterocycles. The normalized spacial score (nSPS) is 31.6. The summed E-state index contributed by atoms with van der Waals surface area (Å²) in [6.45, 7) is 0.459. The number of rotatable bonds is 0. The van der Waals surface area contributed by atoms with Crippen molar-refractivity contribution >= 4 is 5.78 Å². The topological polar surface area (TPSA) is 55.1 Å². The molecule has 0 aromatic rings. The standard InChI is InChI=1S/C4H8N2O/c5-4-1-3(7)2-6-4/h4,6H,1-2,5H2. The summed E-state index contributed by atoms with van der Waals surface area (Å²) in [4.78, 5) is 10.3. The Morgan fingerprint density at radius 1 is 1.86 bits per heavy atom. The summed E-state index contributed by atoms with van der Waals surface area (Å²) in [6, 6.07) is 0. The molecule has 3 N–H and O–H groups in total. The van der Waals surface area contributed by atoms with Crippen molar-refractivity contribution < 1.29 is 4.79 Å². The highest BCUT2D eigenvalue weighted by Crippen LogP contribution is 1.92. The Hall–Kier alpha value is -0.410. The lowest BCUT2D eigenvalue weighted by Crippen LogP contribution is -2.30. The highest BCUT2D eigenvalue weighted by Gasteiger charge is 2.15. The Labute approximate surface area is 41.9 Å². The van der Waals surface area contributed by atoms with Gasteiger partial charge in [0.1, 0.15) is 5.78 Å². The van der Waals surface area contributed by atoms with Crippen LogP contribution >= 0.6 is 0 Å². The van der Waals surface area contributed by atoms with Gasteiger partial charge in [0.2, 0.25) is 0 Å². The molecule has 0 aromatic heterocycles. The van der Waals surface area contributed by atoms with Crippen LogP contribution in [0.2, 0.25) is 0 Å². The van der Waals surface area contributed by atoms with Gasteiger partial charge in [-0.05, 0) is 0 Å². The van der Waals surface area contributed by atoms with Crippen molar-refractivity contribution in [3.8, 4) is 0 Å². The summed E-state index contributed by atoms with van der Waals surface area (Å²) in [5, 5.41) is 2.80. The molecule has 0 aliphatic carbocycles. The minimum atomic E-state index is -0.0764. The van der Waals surface area contributed by atoms with Crippen molar-refractivity contribution in [1.29, 1.82) is 0 Å². The van der Waals surface area contributed by atoms with E-state index in [1.54, 1.807) is 0 Å². The van der Waals surface area contributed by atoms with E-state index < -0.39 is 0 Å². The van der Waals surface area contributed by atoms with Crippen LogP contribution in [0, 0.1) is 0 Å². The highest BCUT2D eigenvalue weighted by molar-refractivity contribution is 5.82. The van der Waals surface area contributed by atoms with Gasteiger partial charge in [0.15, 0.2) is 0 Å². The molecule has 0 bridgehead atoms. The van der Waals surface area contributed by atoms with Crippen LogP contribution in [0.4, 0.5) is 0 Å². The molecule has 1 unspecified atom stereocenters. The molecule has 1 atom stereocenters. The number of carbonyl (C=O) groups excluding carboxylic acids is 1. The van der Waals surface area contributed by atoms with Crippen LogP contribution in [-0.4, -0.2) is 18.5 Å². The Morgan fingerprint density at radius 3 is 2.71 bits per heavy atom. The van der Waals surface area contributed by atoms with Gasteiger partial charge in [0, 0.05) is 6.42 Å². The minimum absolute atomic E-state index is 0.0764. The second-order valence-corrected chi connectivity index (χ2v) is 1.73. The molecule has 1 fully saturated rings. The average Bonchev–Trinajstić information content (AvgIpc) is 1.87. The van der Waals surface area contributed by atoms with Crippen molar-refractivity contribution in [2.24, 2.45) is 5.73 Å². The van der Waals surface area contributed by atoms with Crippen LogP contribution in [0.25, 0.3) is 0 Å². The number of Topliss-reactive ketones (excluding diaryl/α,β-unsaturated/α-hetero) is 1. The van der Waals surface area contributed by atoms with Crippen molar-refractivity contribution in [3.05, 3.63) is 0 Å². The van der Waals surface area contributed by atoms with E-state index in [0.717, 1.165) is 0 Å². The van der Waals surface area contributed by atoms with E-state index in [4.69, 9.17) is 5.73 Å². The van der Waals surface area contributed by atoms with E-state index in [1.807, 2.05) is 0 Å². The first-order valence-electron chi connectivity index (χ1n) is 2.30. The fourth-order valence-electron chi connectivity index (χ4n) is 0.635. The van der Waals surface area contributed by atoms with E-state index in [0.29, 0.717) is 13.0 Å². The Bertz CT molecular complexity index is 91.7. The van der Waals surface area contributed by atoms with Crippen LogP contribution in [-0.2, 0) is 4.79 Å². The van der Waals surface area contributed by atoms with Crippen molar-refractivity contribution in [3.63, 3.8) is 0 Å². The molecule has 3 heteroatoms. The smallest absolute Gasteiger partial charge is 0.149 e. The zero-order chi connectivity index (χ0) is 5.28. The van der Waals surface area contributed by atoms with E-state index >= 15 is 0 Å². The Balaban J connectivity index is 2.40. The molecule has 3 nitrogen and oxygen atoms in total. The maximum Gasteiger partial charge on any atom is 0.149 e. The van der Waals surface area contributed by atoms with Gasteiger partial charge in [-0.1, -0.05) is 0 Å². The molecule has 0 saturated carbocycles. The lowest BCUT2D eigenvalue weighted by molar-refractivity contribution is -0.116. The summed E-state index contributed by atoms with van der Waals surface area (Å²) in [5.41, 5.74) is 5.29. The van der Waals surface area contributed by atoms with Crippen LogP contribution in [0.1, 0.15) is 6.42 Å². The maximum atomic E-state index is 10.3. The van der Waals surface area contributed by atoms with Crippen molar-refractivity contribution in [2.45, 2.75) is 12.6 Å². The highest BCUT2D eigenvalue weighted by atomic mass is 16.1. The molecule has 40 valence electrons. The van der Waals surface area contributed by atoms with Crippen LogP contribution in [0.5, 0.6) is 0 Å². The third kappa shape index (κ3) is 0.976. The number of hydrogen-bond acceptors (Lipinski definition) is 3. The zero-order valence-corrected chi connectivity index (χ0v) is 3.98. The van der Waals surface area contributed by atoms with Gasteiger partial charge in [-0.15, -0.1) is 0 Å². The Kier molecular flexibility index (Phi) is 1.08. The molecule has 1 heterocycles. The number of hydrogen-bond donors (Lipinski definition) is 2. The summed E-state index contributed by atoms with van der Waals surface area (Å²) >= 11 is 0. The Morgan fingerprint density at radius 2 is 2.57 bits per heavy atom. The van der Waals surface area contributed by atoms with Crippen molar-refractivity contribution in [1.82, 2.24) is 5.32 Å². The minimum Gasteiger partial charge on any atom is -0.316 e. The van der Waals surface area contributed by atoms with E-state index in [1.165, 1.54) is 0 Å². The van der Waals surface area contributed by atoms with Gasteiger partial charge in [0.25, 0.3) is 0 Å². The summed E-state index contributed by atoms with van der Waals surface area (Å²) in [6.07, 6.45) is 0.424. The fraction of sp³-hybridized carbons (Fsp3) is 0.750. The molecule has 7 heavy (non-hydrogen) atoms. The molecule has 1 aliphatic rings. The second kappa shape index (κ2) is 1.60. The van der Waals surface area contributed by atoms with Gasteiger partial charge >= 0.3 is 0 Å². The molecule has 1 saturated heterocycles. The monoisotopic (exact) mass is 100 g/mol. The number of ketones is 1. The van der Waals surface area contributed by atoms with E-state index in [2.05, 4.69) is 5.32 Å². The number of nitrogens with two attached hydrogens (primary N) is 1. The molecule has 0 spiro atoms. The molecular weight excluding hydrogens is 92.1 g/mol. The van der Waals surface area contributed by atoms with Gasteiger partial charge < -0.3 is 5.73 Å². The molecular formula is C4H8N2O. The van der Waals surface area contributed by atoms with Gasteiger partial charge in [-0.3, -0.25) is 10.1 Å². The quantitative estimate of drug-likeness (QED) is 0.403. The lowest BCUT2D eigenvalue weighted by atomic mass is 10.3. The van der Waals surface area contributed by atoms with Crippen LogP contribution in [0.3, 0.4) is 0 Å². The maximum absolute atomic E-state index is 10.3. The predicted octanol–water partition coefficient (Wildman–Crippen LogP) is -1.17. The van der Waals surface area contributed by atoms with Crippen molar-refractivity contribution in [2.75, 3.05) is 6.54 Å². The zero-order valence-electron chi connectivity index (χ0n) is 3.98. The van der Waals surface area contributed by atoms with Gasteiger partial charge in [-0.2, -0.15) is 0 Å². The summed E-state index contributed by atoms with van der Waals surface area (Å²) < 4.78 is 0. The first kappa shape index (κ1) is 4.74. The predicted molar refractivity (Wildman–Crippen MR) is 25.6 cm³/mol. The van der Waals surface area contributed by atoms with E-state index in [9.17, 15) is 4.79 Å². The third-order valence-corrected chi connectivity index (χ3v) is 1.01. The second-order valence-electron chi connectivity index (χ2n) is 1.73. The molecule has 0 amide bonds. The third-order valence-electron chi connectivity index (χ3n) is 1.01. The first-order valence-corrected chi connectivity index (χ1v) is 2.30. The van der Waals surface area contributed by atoms with Crippen LogP contribution in [0.15, 0.2) is 0 Å². The van der Waals surface area contributed by atoms with Gasteiger partial charge in [0.05, 0.1) is 12.7 Å². The summed E-state index contributed by atoms with van der Waals surface area (Å²) in [5.74, 6) is 0.215. The fourth-order valence-corrected chi connectivity index (χ4v) is 0.635. The molecule has 0 aromatic carbocycles. The molecule has 1 rings (SSSR count). The van der Waals surface area contributed by atoms with E-state index in [-0.39, 0.29) is 11.9 Å². The van der Waals surface area contributed by atoms with Gasteiger partial charge in [-0.25, -0.2) is 0 Å². The number of carbonyl (C=O) groups is 1. The summed E-state index contributed by atoms with van der Waals surface area (Å²) in [7, 11) is 0. The SMILES string of the molecule is NC1CC(=O)CN1. The lowest BCUT2D eigenvalue weighted by Gasteiger charge is -1.94. The largest absolute Gasteiger partial charge is 0.316 e.